The van der Waals surface area contributed by atoms with Crippen LogP contribution in [0, 0.1) is 11.8 Å². The maximum absolute atomic E-state index is 11.9. The highest BCUT2D eigenvalue weighted by molar-refractivity contribution is 7.92. The summed E-state index contributed by atoms with van der Waals surface area (Å²) in [5, 5.41) is 0. The standard InChI is InChI=1S/C20H25N5O3S/c1-4-17-16(19(23-14-22-17)25-8-10-28-11-9-25)7-6-15-12-18(24-29(26)5-2)20(27-3)21-13-15/h12-14,24H,4-5,8-11H2,1-3H3. The monoisotopic (exact) mass is 415 g/mol. The van der Waals surface area contributed by atoms with Crippen molar-refractivity contribution < 1.29 is 14.0 Å². The summed E-state index contributed by atoms with van der Waals surface area (Å²) in [4.78, 5) is 15.3. The molecule has 3 heterocycles. The van der Waals surface area contributed by atoms with Crippen LogP contribution in [0.4, 0.5) is 11.5 Å². The van der Waals surface area contributed by atoms with Crippen LogP contribution in [0.5, 0.6) is 5.88 Å². The first-order chi connectivity index (χ1) is 14.2. The lowest BCUT2D eigenvalue weighted by atomic mass is 10.1. The third-order valence-electron chi connectivity index (χ3n) is 4.41. The molecule has 0 aromatic carbocycles. The molecule has 1 N–H and O–H groups in total. The number of nitrogens with zero attached hydrogens (tertiary/aromatic N) is 4. The molecular weight excluding hydrogens is 390 g/mol. The van der Waals surface area contributed by atoms with Crippen molar-refractivity contribution in [2.45, 2.75) is 20.3 Å². The van der Waals surface area contributed by atoms with Gasteiger partial charge in [-0.2, -0.15) is 0 Å². The van der Waals surface area contributed by atoms with Gasteiger partial charge in [0.2, 0.25) is 5.88 Å². The maximum atomic E-state index is 11.9. The van der Waals surface area contributed by atoms with Crippen LogP contribution in [-0.4, -0.2) is 58.7 Å². The van der Waals surface area contributed by atoms with Crippen LogP contribution in [0.25, 0.3) is 0 Å². The number of methoxy groups -OCH3 is 1. The van der Waals surface area contributed by atoms with Gasteiger partial charge >= 0.3 is 0 Å². The minimum atomic E-state index is -1.21. The molecule has 2 aromatic rings. The zero-order valence-electron chi connectivity index (χ0n) is 16.9. The van der Waals surface area contributed by atoms with E-state index in [-0.39, 0.29) is 0 Å². The molecule has 1 fully saturated rings. The number of aromatic nitrogens is 3. The molecular formula is C20H25N5O3S. The molecule has 3 rings (SSSR count). The van der Waals surface area contributed by atoms with Crippen molar-refractivity contribution in [2.24, 2.45) is 0 Å². The highest BCUT2D eigenvalue weighted by atomic mass is 32.2. The van der Waals surface area contributed by atoms with Gasteiger partial charge in [-0.1, -0.05) is 18.8 Å². The van der Waals surface area contributed by atoms with Crippen LogP contribution in [0.3, 0.4) is 0 Å². The highest BCUT2D eigenvalue weighted by Crippen LogP contribution is 2.24. The third kappa shape index (κ3) is 5.29. The van der Waals surface area contributed by atoms with E-state index in [1.807, 2.05) is 13.8 Å². The summed E-state index contributed by atoms with van der Waals surface area (Å²) >= 11 is -1.21. The molecule has 1 aliphatic heterocycles. The molecule has 0 amide bonds. The Balaban J connectivity index is 1.95. The molecule has 9 heteroatoms. The number of hydrogen-bond acceptors (Lipinski definition) is 8. The average Bonchev–Trinajstić information content (AvgIpc) is 2.78. The smallest absolute Gasteiger partial charge is 0.241 e. The topological polar surface area (TPSA) is 95.5 Å². The van der Waals surface area contributed by atoms with Crippen molar-refractivity contribution in [3.8, 4) is 17.7 Å². The number of morpholine rings is 1. The van der Waals surface area contributed by atoms with Crippen LogP contribution in [0.15, 0.2) is 18.6 Å². The molecule has 154 valence electrons. The van der Waals surface area contributed by atoms with Crippen LogP contribution in [0.1, 0.15) is 30.7 Å². The van der Waals surface area contributed by atoms with Gasteiger partial charge in [-0.25, -0.2) is 19.7 Å². The van der Waals surface area contributed by atoms with Crippen LogP contribution < -0.4 is 14.4 Å². The minimum absolute atomic E-state index is 0.378. The summed E-state index contributed by atoms with van der Waals surface area (Å²) in [5.41, 5.74) is 2.95. The van der Waals surface area contributed by atoms with Crippen molar-refractivity contribution in [1.29, 1.82) is 0 Å². The Morgan fingerprint density at radius 2 is 2.03 bits per heavy atom. The van der Waals surface area contributed by atoms with E-state index >= 15 is 0 Å². The summed E-state index contributed by atoms with van der Waals surface area (Å²) in [5.74, 6) is 8.08. The van der Waals surface area contributed by atoms with E-state index in [0.717, 1.165) is 36.6 Å². The van der Waals surface area contributed by atoms with Gasteiger partial charge in [0.1, 0.15) is 23.6 Å². The fourth-order valence-corrected chi connectivity index (χ4v) is 3.44. The van der Waals surface area contributed by atoms with Crippen LogP contribution in [0.2, 0.25) is 0 Å². The second-order valence-corrected chi connectivity index (χ2v) is 7.71. The van der Waals surface area contributed by atoms with E-state index in [9.17, 15) is 4.55 Å². The van der Waals surface area contributed by atoms with Gasteiger partial charge in [0.05, 0.1) is 42.9 Å². The quantitative estimate of drug-likeness (QED) is 0.563. The minimum Gasteiger partial charge on any atom is -0.593 e. The number of aryl methyl sites for hydroxylation is 1. The Morgan fingerprint density at radius 3 is 2.72 bits per heavy atom. The molecule has 8 nitrogen and oxygen atoms in total. The van der Waals surface area contributed by atoms with Crippen molar-refractivity contribution in [3.05, 3.63) is 35.4 Å². The fourth-order valence-electron chi connectivity index (χ4n) is 2.91. The Bertz CT molecular complexity index is 893. The first kappa shape index (κ1) is 21.2. The van der Waals surface area contributed by atoms with Gasteiger partial charge in [-0.3, -0.25) is 0 Å². The highest BCUT2D eigenvalue weighted by Gasteiger charge is 2.18. The Kier molecular flexibility index (Phi) is 7.52. The first-order valence-electron chi connectivity index (χ1n) is 9.53. The Hall–Kier alpha value is -2.54. The van der Waals surface area contributed by atoms with Gasteiger partial charge in [0.25, 0.3) is 0 Å². The van der Waals surface area contributed by atoms with Crippen LogP contribution >= 0.6 is 0 Å². The van der Waals surface area contributed by atoms with Crippen molar-refractivity contribution >= 4 is 22.9 Å². The van der Waals surface area contributed by atoms with Gasteiger partial charge in [-0.05, 0) is 19.4 Å². The number of hydrogen-bond donors (Lipinski definition) is 1. The van der Waals surface area contributed by atoms with Gasteiger partial charge in [-0.15, -0.1) is 0 Å². The first-order valence-corrected chi connectivity index (χ1v) is 10.9. The lowest BCUT2D eigenvalue weighted by Crippen LogP contribution is -2.37. The molecule has 0 aliphatic carbocycles. The van der Waals surface area contributed by atoms with Crippen molar-refractivity contribution in [1.82, 2.24) is 15.0 Å². The summed E-state index contributed by atoms with van der Waals surface area (Å²) in [6.45, 7) is 6.77. The van der Waals surface area contributed by atoms with Crippen molar-refractivity contribution in [3.63, 3.8) is 0 Å². The zero-order chi connectivity index (χ0) is 20.6. The summed E-state index contributed by atoms with van der Waals surface area (Å²) in [6.07, 6.45) is 3.98. The average molecular weight is 416 g/mol. The summed E-state index contributed by atoms with van der Waals surface area (Å²) in [7, 11) is 1.52. The zero-order valence-corrected chi connectivity index (χ0v) is 17.7. The molecule has 0 radical (unpaired) electrons. The van der Waals surface area contributed by atoms with Gasteiger partial charge in [0.15, 0.2) is 0 Å². The number of ether oxygens (including phenoxy) is 2. The second-order valence-electron chi connectivity index (χ2n) is 6.24. The van der Waals surface area contributed by atoms with Gasteiger partial charge < -0.3 is 18.9 Å². The fraction of sp³-hybridized carbons (Fsp3) is 0.450. The van der Waals surface area contributed by atoms with E-state index in [1.54, 1.807) is 18.6 Å². The predicted molar refractivity (Wildman–Crippen MR) is 114 cm³/mol. The lowest BCUT2D eigenvalue weighted by molar-refractivity contribution is 0.122. The molecule has 1 aliphatic rings. The second kappa shape index (κ2) is 10.3. The maximum Gasteiger partial charge on any atom is 0.241 e. The molecule has 0 spiro atoms. The molecule has 1 unspecified atom stereocenters. The van der Waals surface area contributed by atoms with E-state index < -0.39 is 11.4 Å². The Labute approximate surface area is 174 Å². The van der Waals surface area contributed by atoms with E-state index in [4.69, 9.17) is 9.47 Å². The molecule has 29 heavy (non-hydrogen) atoms. The van der Waals surface area contributed by atoms with E-state index in [0.29, 0.717) is 36.1 Å². The molecule has 0 saturated carbocycles. The molecule has 2 aromatic heterocycles. The number of anilines is 2. The third-order valence-corrected chi connectivity index (χ3v) is 5.39. The lowest BCUT2D eigenvalue weighted by Gasteiger charge is -2.28. The number of pyridine rings is 1. The number of rotatable bonds is 6. The van der Waals surface area contributed by atoms with Crippen molar-refractivity contribution in [2.75, 3.05) is 48.8 Å². The van der Waals surface area contributed by atoms with E-state index in [2.05, 4.69) is 36.4 Å². The molecule has 1 atom stereocenters. The van der Waals surface area contributed by atoms with Crippen LogP contribution in [-0.2, 0) is 22.5 Å². The molecule has 1 saturated heterocycles. The van der Waals surface area contributed by atoms with Gasteiger partial charge in [0, 0.05) is 24.8 Å². The SMILES string of the molecule is CCc1ncnc(N2CCOCC2)c1C#Cc1cnc(OC)c(N[S+]([O-])CC)c1. The normalized spacial score (nSPS) is 14.7. The predicted octanol–water partition coefficient (Wildman–Crippen LogP) is 1.77. The number of nitrogens with one attached hydrogen (secondary N) is 1. The molecule has 0 bridgehead atoms. The largest absolute Gasteiger partial charge is 0.593 e. The Morgan fingerprint density at radius 1 is 1.24 bits per heavy atom. The summed E-state index contributed by atoms with van der Waals surface area (Å²) in [6, 6.07) is 1.79. The van der Waals surface area contributed by atoms with E-state index in [1.165, 1.54) is 7.11 Å². The summed E-state index contributed by atoms with van der Waals surface area (Å²) < 4.78 is 25.5.